The standard InChI is InChI=1S/C17H13FN2O/c1-11-8-9-12-5-4-10-19-16(12)15(11)20-17(21)13-6-2-3-7-14(13)18/h2-10H,1H3,(H,20,21). The fourth-order valence-electron chi connectivity index (χ4n) is 2.23. The highest BCUT2D eigenvalue weighted by molar-refractivity contribution is 6.09. The highest BCUT2D eigenvalue weighted by atomic mass is 19.1. The number of nitrogens with zero attached hydrogens (tertiary/aromatic N) is 1. The van der Waals surface area contributed by atoms with E-state index >= 15 is 0 Å². The maximum Gasteiger partial charge on any atom is 0.258 e. The van der Waals surface area contributed by atoms with E-state index in [9.17, 15) is 9.18 Å². The summed E-state index contributed by atoms with van der Waals surface area (Å²) in [5.41, 5.74) is 2.21. The Labute approximate surface area is 121 Å². The molecule has 3 nitrogen and oxygen atoms in total. The molecule has 1 N–H and O–H groups in total. The lowest BCUT2D eigenvalue weighted by atomic mass is 10.1. The van der Waals surface area contributed by atoms with Gasteiger partial charge in [0, 0.05) is 11.6 Å². The van der Waals surface area contributed by atoms with Gasteiger partial charge in [-0.3, -0.25) is 9.78 Å². The lowest BCUT2D eigenvalue weighted by molar-refractivity contribution is 0.102. The van der Waals surface area contributed by atoms with Gasteiger partial charge in [0.2, 0.25) is 0 Å². The van der Waals surface area contributed by atoms with Gasteiger partial charge in [-0.15, -0.1) is 0 Å². The van der Waals surface area contributed by atoms with Crippen molar-refractivity contribution in [2.75, 3.05) is 5.32 Å². The number of hydrogen-bond donors (Lipinski definition) is 1. The molecule has 0 saturated heterocycles. The molecule has 1 aromatic heterocycles. The third kappa shape index (κ3) is 2.48. The van der Waals surface area contributed by atoms with Crippen molar-refractivity contribution in [2.24, 2.45) is 0 Å². The summed E-state index contributed by atoms with van der Waals surface area (Å²) in [6, 6.07) is 13.5. The van der Waals surface area contributed by atoms with Crippen molar-refractivity contribution in [1.82, 2.24) is 4.98 Å². The Morgan fingerprint density at radius 3 is 2.71 bits per heavy atom. The molecule has 0 atom stereocenters. The van der Waals surface area contributed by atoms with Crippen LogP contribution in [-0.4, -0.2) is 10.9 Å². The zero-order valence-electron chi connectivity index (χ0n) is 11.4. The molecule has 104 valence electrons. The number of rotatable bonds is 2. The molecule has 0 aliphatic carbocycles. The number of hydrogen-bond acceptors (Lipinski definition) is 2. The summed E-state index contributed by atoms with van der Waals surface area (Å²) in [4.78, 5) is 16.6. The summed E-state index contributed by atoms with van der Waals surface area (Å²) >= 11 is 0. The topological polar surface area (TPSA) is 42.0 Å². The van der Waals surface area contributed by atoms with Crippen LogP contribution in [0.4, 0.5) is 10.1 Å². The second-order valence-electron chi connectivity index (χ2n) is 4.77. The summed E-state index contributed by atoms with van der Waals surface area (Å²) in [7, 11) is 0. The zero-order chi connectivity index (χ0) is 14.8. The van der Waals surface area contributed by atoms with Crippen LogP contribution in [0.2, 0.25) is 0 Å². The molecule has 1 heterocycles. The number of halogens is 1. The van der Waals surface area contributed by atoms with E-state index in [1.807, 2.05) is 31.2 Å². The Kier molecular flexibility index (Phi) is 3.36. The van der Waals surface area contributed by atoms with E-state index in [4.69, 9.17) is 0 Å². The minimum Gasteiger partial charge on any atom is -0.320 e. The summed E-state index contributed by atoms with van der Waals surface area (Å²) < 4.78 is 13.7. The van der Waals surface area contributed by atoms with E-state index in [0.717, 1.165) is 10.9 Å². The van der Waals surface area contributed by atoms with Crippen LogP contribution in [0.15, 0.2) is 54.7 Å². The molecular weight excluding hydrogens is 267 g/mol. The molecule has 21 heavy (non-hydrogen) atoms. The van der Waals surface area contributed by atoms with Gasteiger partial charge < -0.3 is 5.32 Å². The van der Waals surface area contributed by atoms with Crippen LogP contribution >= 0.6 is 0 Å². The van der Waals surface area contributed by atoms with E-state index in [2.05, 4.69) is 10.3 Å². The van der Waals surface area contributed by atoms with E-state index in [-0.39, 0.29) is 5.56 Å². The van der Waals surface area contributed by atoms with Gasteiger partial charge in [0.25, 0.3) is 5.91 Å². The highest BCUT2D eigenvalue weighted by Gasteiger charge is 2.14. The minimum absolute atomic E-state index is 0.0184. The average molecular weight is 280 g/mol. The van der Waals surface area contributed by atoms with Crippen LogP contribution in [0.3, 0.4) is 0 Å². The van der Waals surface area contributed by atoms with E-state index in [0.29, 0.717) is 11.2 Å². The van der Waals surface area contributed by atoms with Crippen molar-refractivity contribution >= 4 is 22.5 Å². The van der Waals surface area contributed by atoms with Gasteiger partial charge in [0.15, 0.2) is 0 Å². The molecule has 0 spiro atoms. The molecule has 3 aromatic rings. The number of aryl methyl sites for hydroxylation is 1. The number of fused-ring (bicyclic) bond motifs is 1. The maximum atomic E-state index is 13.7. The number of aromatic nitrogens is 1. The van der Waals surface area contributed by atoms with Crippen molar-refractivity contribution < 1.29 is 9.18 Å². The Bertz CT molecular complexity index is 830. The summed E-state index contributed by atoms with van der Waals surface area (Å²) in [6.45, 7) is 1.88. The largest absolute Gasteiger partial charge is 0.320 e. The number of nitrogens with one attached hydrogen (secondary N) is 1. The number of amides is 1. The van der Waals surface area contributed by atoms with Gasteiger partial charge in [0.05, 0.1) is 16.8 Å². The van der Waals surface area contributed by atoms with Gasteiger partial charge in [-0.25, -0.2) is 4.39 Å². The van der Waals surface area contributed by atoms with Crippen molar-refractivity contribution in [3.63, 3.8) is 0 Å². The maximum absolute atomic E-state index is 13.7. The molecule has 0 bridgehead atoms. The molecule has 3 rings (SSSR count). The number of pyridine rings is 1. The first kappa shape index (κ1) is 13.2. The molecule has 4 heteroatoms. The predicted octanol–water partition coefficient (Wildman–Crippen LogP) is 3.93. The molecule has 2 aromatic carbocycles. The first-order chi connectivity index (χ1) is 10.2. The van der Waals surface area contributed by atoms with E-state index in [1.54, 1.807) is 18.3 Å². The van der Waals surface area contributed by atoms with E-state index < -0.39 is 11.7 Å². The molecular formula is C17H13FN2O. The summed E-state index contributed by atoms with van der Waals surface area (Å²) in [6.07, 6.45) is 1.67. The van der Waals surface area contributed by atoms with Gasteiger partial charge in [0.1, 0.15) is 5.82 Å². The van der Waals surface area contributed by atoms with Gasteiger partial charge >= 0.3 is 0 Å². The van der Waals surface area contributed by atoms with Crippen LogP contribution in [0, 0.1) is 12.7 Å². The third-order valence-corrected chi connectivity index (χ3v) is 3.34. The first-order valence-electron chi connectivity index (χ1n) is 6.57. The zero-order valence-corrected chi connectivity index (χ0v) is 11.4. The number of carbonyl (C=O) groups excluding carboxylic acids is 1. The lowest BCUT2D eigenvalue weighted by Gasteiger charge is -2.11. The Morgan fingerprint density at radius 2 is 1.90 bits per heavy atom. The Hall–Kier alpha value is -2.75. The Morgan fingerprint density at radius 1 is 1.10 bits per heavy atom. The Balaban J connectivity index is 2.04. The predicted molar refractivity (Wildman–Crippen MR) is 80.8 cm³/mol. The number of benzene rings is 2. The average Bonchev–Trinajstić information content (AvgIpc) is 2.50. The van der Waals surface area contributed by atoms with Crippen LogP contribution in [0.5, 0.6) is 0 Å². The monoisotopic (exact) mass is 280 g/mol. The second-order valence-corrected chi connectivity index (χ2v) is 4.77. The van der Waals surface area contributed by atoms with Crippen molar-refractivity contribution in [3.05, 3.63) is 71.7 Å². The van der Waals surface area contributed by atoms with Gasteiger partial charge in [-0.05, 0) is 30.7 Å². The molecule has 0 saturated carbocycles. The normalized spacial score (nSPS) is 10.6. The molecule has 0 fully saturated rings. The molecule has 0 unspecified atom stereocenters. The quantitative estimate of drug-likeness (QED) is 0.772. The van der Waals surface area contributed by atoms with Crippen LogP contribution in [0.25, 0.3) is 10.9 Å². The molecule has 0 aliphatic heterocycles. The summed E-state index contributed by atoms with van der Waals surface area (Å²) in [5, 5.41) is 3.69. The molecule has 0 radical (unpaired) electrons. The fourth-order valence-corrected chi connectivity index (χ4v) is 2.23. The van der Waals surface area contributed by atoms with Crippen LogP contribution in [-0.2, 0) is 0 Å². The first-order valence-corrected chi connectivity index (χ1v) is 6.57. The highest BCUT2D eigenvalue weighted by Crippen LogP contribution is 2.25. The SMILES string of the molecule is Cc1ccc2cccnc2c1NC(=O)c1ccccc1F. The smallest absolute Gasteiger partial charge is 0.258 e. The number of anilines is 1. The van der Waals surface area contributed by atoms with Crippen molar-refractivity contribution in [3.8, 4) is 0 Å². The number of carbonyl (C=O) groups is 1. The van der Waals surface area contributed by atoms with Crippen molar-refractivity contribution in [1.29, 1.82) is 0 Å². The van der Waals surface area contributed by atoms with Crippen LogP contribution < -0.4 is 5.32 Å². The van der Waals surface area contributed by atoms with Gasteiger partial charge in [-0.1, -0.05) is 30.3 Å². The summed E-state index contributed by atoms with van der Waals surface area (Å²) in [5.74, 6) is -1.02. The van der Waals surface area contributed by atoms with Gasteiger partial charge in [-0.2, -0.15) is 0 Å². The minimum atomic E-state index is -0.541. The van der Waals surface area contributed by atoms with Crippen molar-refractivity contribution in [2.45, 2.75) is 6.92 Å². The third-order valence-electron chi connectivity index (χ3n) is 3.34. The second kappa shape index (κ2) is 5.32. The molecule has 0 aliphatic rings. The lowest BCUT2D eigenvalue weighted by Crippen LogP contribution is -2.15. The fraction of sp³-hybridized carbons (Fsp3) is 0.0588. The van der Waals surface area contributed by atoms with Crippen LogP contribution in [0.1, 0.15) is 15.9 Å². The molecule has 1 amide bonds. The van der Waals surface area contributed by atoms with E-state index in [1.165, 1.54) is 12.1 Å².